The summed E-state index contributed by atoms with van der Waals surface area (Å²) in [7, 11) is -4.14. The molecule has 4 aromatic rings. The number of benzene rings is 4. The van der Waals surface area contributed by atoms with Crippen molar-refractivity contribution in [1.82, 2.24) is 10.2 Å². The molecule has 0 bridgehead atoms. The molecule has 4 aromatic carbocycles. The van der Waals surface area contributed by atoms with Gasteiger partial charge in [0.05, 0.1) is 10.6 Å². The van der Waals surface area contributed by atoms with E-state index in [9.17, 15) is 18.0 Å². The van der Waals surface area contributed by atoms with E-state index in [1.165, 1.54) is 21.3 Å². The van der Waals surface area contributed by atoms with E-state index in [2.05, 4.69) is 5.32 Å². The van der Waals surface area contributed by atoms with Crippen LogP contribution in [0.4, 0.5) is 5.69 Å². The minimum atomic E-state index is -4.14. The van der Waals surface area contributed by atoms with Gasteiger partial charge in [-0.05, 0) is 67.6 Å². The van der Waals surface area contributed by atoms with Crippen LogP contribution in [0.2, 0.25) is 0 Å². The minimum Gasteiger partial charge on any atom is -0.354 e. The molecule has 0 aliphatic heterocycles. The van der Waals surface area contributed by atoms with Crippen molar-refractivity contribution in [2.45, 2.75) is 58.0 Å². The molecule has 1 atom stereocenters. The fraction of sp³-hybridized carbons (Fsp3) is 0.278. The van der Waals surface area contributed by atoms with Crippen molar-refractivity contribution in [2.75, 3.05) is 17.4 Å². The SMILES string of the molecule is CCCNC(=O)C(Cc1ccccc1)N(Cc1cccc(C)c1)C(=O)CN(c1cccc(C)c1C)S(=O)(=O)c1ccccc1. The van der Waals surface area contributed by atoms with Crippen LogP contribution < -0.4 is 9.62 Å². The highest BCUT2D eigenvalue weighted by Gasteiger charge is 2.35. The van der Waals surface area contributed by atoms with E-state index >= 15 is 0 Å². The van der Waals surface area contributed by atoms with Gasteiger partial charge < -0.3 is 10.2 Å². The molecule has 0 aliphatic rings. The summed E-state index contributed by atoms with van der Waals surface area (Å²) in [6, 6.07) is 30.0. The van der Waals surface area contributed by atoms with Crippen LogP contribution >= 0.6 is 0 Å². The largest absolute Gasteiger partial charge is 0.354 e. The maximum atomic E-state index is 14.5. The zero-order valence-electron chi connectivity index (χ0n) is 25.9. The van der Waals surface area contributed by atoms with Crippen LogP contribution in [0.25, 0.3) is 0 Å². The van der Waals surface area contributed by atoms with Crippen LogP contribution in [0.15, 0.2) is 108 Å². The normalized spacial score (nSPS) is 11.9. The van der Waals surface area contributed by atoms with Crippen LogP contribution in [0, 0.1) is 20.8 Å². The van der Waals surface area contributed by atoms with Gasteiger partial charge in [0.15, 0.2) is 0 Å². The van der Waals surface area contributed by atoms with E-state index in [1.54, 1.807) is 30.3 Å². The van der Waals surface area contributed by atoms with E-state index < -0.39 is 28.5 Å². The molecule has 44 heavy (non-hydrogen) atoms. The summed E-state index contributed by atoms with van der Waals surface area (Å²) in [5, 5.41) is 2.98. The zero-order chi connectivity index (χ0) is 31.7. The second-order valence-electron chi connectivity index (χ2n) is 11.1. The molecule has 2 amide bonds. The Labute approximate surface area is 261 Å². The number of hydrogen-bond donors (Lipinski definition) is 1. The number of aryl methyl sites for hydroxylation is 2. The first kappa shape index (κ1) is 32.5. The van der Waals surface area contributed by atoms with Crippen LogP contribution in [0.1, 0.15) is 41.2 Å². The molecule has 4 rings (SSSR count). The van der Waals surface area contributed by atoms with E-state index in [0.29, 0.717) is 12.2 Å². The minimum absolute atomic E-state index is 0.0838. The standard InChI is InChI=1S/C36H41N3O4S/c1-5-22-37-36(41)34(24-30-16-8-6-9-17-30)38(25-31-18-12-14-27(2)23-31)35(40)26-39(33-21-13-15-28(3)29(33)4)44(42,43)32-19-10-7-11-20-32/h6-21,23,34H,5,22,24-26H2,1-4H3,(H,37,41). The fourth-order valence-electron chi connectivity index (χ4n) is 5.17. The lowest BCUT2D eigenvalue weighted by atomic mass is 10.0. The average molecular weight is 612 g/mol. The molecular formula is C36H41N3O4S. The molecule has 0 aliphatic carbocycles. The molecule has 0 saturated carbocycles. The summed E-state index contributed by atoms with van der Waals surface area (Å²) in [6.45, 7) is 7.84. The number of carbonyl (C=O) groups excluding carboxylic acids is 2. The quantitative estimate of drug-likeness (QED) is 0.202. The predicted molar refractivity (Wildman–Crippen MR) is 176 cm³/mol. The smallest absolute Gasteiger partial charge is 0.264 e. The van der Waals surface area contributed by atoms with Crippen molar-refractivity contribution >= 4 is 27.5 Å². The Morgan fingerprint density at radius 3 is 2.09 bits per heavy atom. The third kappa shape index (κ3) is 7.94. The summed E-state index contributed by atoms with van der Waals surface area (Å²) >= 11 is 0. The summed E-state index contributed by atoms with van der Waals surface area (Å²) in [5.74, 6) is -0.750. The number of rotatable bonds is 13. The van der Waals surface area contributed by atoms with E-state index in [1.807, 2.05) is 88.4 Å². The maximum absolute atomic E-state index is 14.5. The Bertz CT molecular complexity index is 1670. The van der Waals surface area contributed by atoms with Gasteiger partial charge in [0.2, 0.25) is 11.8 Å². The Kier molecular flexibility index (Phi) is 11.0. The first-order valence-corrected chi connectivity index (χ1v) is 16.4. The van der Waals surface area contributed by atoms with E-state index in [4.69, 9.17) is 0 Å². The average Bonchev–Trinajstić information content (AvgIpc) is 3.02. The third-order valence-electron chi connectivity index (χ3n) is 7.71. The summed E-state index contributed by atoms with van der Waals surface area (Å²) in [5.41, 5.74) is 4.85. The molecule has 8 heteroatoms. The molecule has 7 nitrogen and oxygen atoms in total. The van der Waals surface area contributed by atoms with Gasteiger partial charge in [0.25, 0.3) is 10.0 Å². The van der Waals surface area contributed by atoms with Gasteiger partial charge in [-0.2, -0.15) is 0 Å². The number of hydrogen-bond acceptors (Lipinski definition) is 4. The van der Waals surface area contributed by atoms with E-state index in [-0.39, 0.29) is 23.8 Å². The molecule has 0 aromatic heterocycles. The molecule has 0 radical (unpaired) electrons. The molecule has 0 saturated heterocycles. The summed E-state index contributed by atoms with van der Waals surface area (Å²) in [4.78, 5) is 29.9. The summed E-state index contributed by atoms with van der Waals surface area (Å²) < 4.78 is 29.5. The highest BCUT2D eigenvalue weighted by molar-refractivity contribution is 7.92. The Balaban J connectivity index is 1.82. The van der Waals surface area contributed by atoms with Crippen molar-refractivity contribution in [1.29, 1.82) is 0 Å². The van der Waals surface area contributed by atoms with Gasteiger partial charge in [-0.25, -0.2) is 8.42 Å². The number of anilines is 1. The molecule has 230 valence electrons. The lowest BCUT2D eigenvalue weighted by Crippen LogP contribution is -2.53. The number of nitrogens with one attached hydrogen (secondary N) is 1. The molecule has 1 N–H and O–H groups in total. The van der Waals surface area contributed by atoms with Gasteiger partial charge in [-0.15, -0.1) is 0 Å². The number of nitrogens with zero attached hydrogens (tertiary/aromatic N) is 2. The Morgan fingerprint density at radius 2 is 1.43 bits per heavy atom. The molecule has 1 unspecified atom stereocenters. The number of sulfonamides is 1. The van der Waals surface area contributed by atoms with Crippen LogP contribution in [-0.2, 0) is 32.6 Å². The van der Waals surface area contributed by atoms with Crippen molar-refractivity contribution < 1.29 is 18.0 Å². The number of carbonyl (C=O) groups is 2. The Morgan fingerprint density at radius 1 is 0.795 bits per heavy atom. The lowest BCUT2D eigenvalue weighted by molar-refractivity contribution is -0.140. The molecular weight excluding hydrogens is 570 g/mol. The van der Waals surface area contributed by atoms with Crippen molar-refractivity contribution in [2.24, 2.45) is 0 Å². The van der Waals surface area contributed by atoms with Crippen molar-refractivity contribution in [3.05, 3.63) is 131 Å². The first-order valence-electron chi connectivity index (χ1n) is 14.9. The van der Waals surface area contributed by atoms with Crippen LogP contribution in [0.3, 0.4) is 0 Å². The lowest BCUT2D eigenvalue weighted by Gasteiger charge is -2.34. The first-order chi connectivity index (χ1) is 21.1. The Hall–Kier alpha value is -4.43. The van der Waals surface area contributed by atoms with E-state index in [0.717, 1.165) is 34.2 Å². The number of amides is 2. The maximum Gasteiger partial charge on any atom is 0.264 e. The molecule has 0 spiro atoms. The summed E-state index contributed by atoms with van der Waals surface area (Å²) in [6.07, 6.45) is 1.02. The van der Waals surface area contributed by atoms with Gasteiger partial charge >= 0.3 is 0 Å². The van der Waals surface area contributed by atoms with Crippen molar-refractivity contribution in [3.63, 3.8) is 0 Å². The van der Waals surface area contributed by atoms with Gasteiger partial charge in [-0.1, -0.05) is 97.4 Å². The molecule has 0 heterocycles. The van der Waals surface area contributed by atoms with Gasteiger partial charge in [-0.3, -0.25) is 13.9 Å². The van der Waals surface area contributed by atoms with Gasteiger partial charge in [0, 0.05) is 19.5 Å². The highest BCUT2D eigenvalue weighted by Crippen LogP contribution is 2.29. The second-order valence-corrected chi connectivity index (χ2v) is 12.9. The highest BCUT2D eigenvalue weighted by atomic mass is 32.2. The van der Waals surface area contributed by atoms with Crippen molar-refractivity contribution in [3.8, 4) is 0 Å². The predicted octanol–water partition coefficient (Wildman–Crippen LogP) is 5.97. The third-order valence-corrected chi connectivity index (χ3v) is 9.48. The van der Waals surface area contributed by atoms with Crippen LogP contribution in [-0.4, -0.2) is 44.3 Å². The second kappa shape index (κ2) is 14.8. The monoisotopic (exact) mass is 611 g/mol. The topological polar surface area (TPSA) is 86.8 Å². The molecule has 0 fully saturated rings. The van der Waals surface area contributed by atoms with Gasteiger partial charge in [0.1, 0.15) is 12.6 Å². The van der Waals surface area contributed by atoms with Crippen LogP contribution in [0.5, 0.6) is 0 Å². The zero-order valence-corrected chi connectivity index (χ0v) is 26.7. The fourth-order valence-corrected chi connectivity index (χ4v) is 6.66.